The lowest BCUT2D eigenvalue weighted by molar-refractivity contribution is -0.176. The van der Waals surface area contributed by atoms with Crippen LogP contribution in [0.25, 0.3) is 0 Å². The SMILES string of the molecule is CC1O[C@H](Br)C(C)[C@@H](C)[C@@H]1OC(=O)CCl. The first-order valence-corrected chi connectivity index (χ1v) is 6.47. The number of esters is 1. The Balaban J connectivity index is 2.65. The van der Waals surface area contributed by atoms with E-state index in [1.165, 1.54) is 0 Å². The minimum absolute atomic E-state index is 0.0217. The van der Waals surface area contributed by atoms with Crippen molar-refractivity contribution in [3.8, 4) is 0 Å². The van der Waals surface area contributed by atoms with Crippen LogP contribution in [0.15, 0.2) is 0 Å². The first kappa shape index (κ1) is 13.3. The average molecular weight is 300 g/mol. The topological polar surface area (TPSA) is 35.5 Å². The molecule has 1 aliphatic rings. The Morgan fingerprint density at radius 2 is 2.00 bits per heavy atom. The molecule has 88 valence electrons. The molecule has 0 aromatic carbocycles. The molecule has 15 heavy (non-hydrogen) atoms. The fraction of sp³-hybridized carbons (Fsp3) is 0.900. The molecule has 0 spiro atoms. The van der Waals surface area contributed by atoms with E-state index >= 15 is 0 Å². The largest absolute Gasteiger partial charge is 0.458 e. The van der Waals surface area contributed by atoms with Crippen molar-refractivity contribution in [3.63, 3.8) is 0 Å². The fourth-order valence-corrected chi connectivity index (χ4v) is 2.64. The fourth-order valence-electron chi connectivity index (χ4n) is 1.76. The molecule has 0 saturated carbocycles. The smallest absolute Gasteiger partial charge is 0.321 e. The van der Waals surface area contributed by atoms with Crippen LogP contribution in [0, 0.1) is 11.8 Å². The highest BCUT2D eigenvalue weighted by molar-refractivity contribution is 9.09. The molecule has 0 aromatic heterocycles. The van der Waals surface area contributed by atoms with Crippen molar-refractivity contribution in [1.82, 2.24) is 0 Å². The van der Waals surface area contributed by atoms with Crippen LogP contribution in [0.1, 0.15) is 20.8 Å². The summed E-state index contributed by atoms with van der Waals surface area (Å²) in [6.45, 7) is 6.03. The number of alkyl halides is 2. The highest BCUT2D eigenvalue weighted by atomic mass is 79.9. The average Bonchev–Trinajstić information content (AvgIpc) is 2.21. The first-order chi connectivity index (χ1) is 6.97. The molecule has 0 bridgehead atoms. The molecule has 5 heteroatoms. The Morgan fingerprint density at radius 3 is 2.53 bits per heavy atom. The lowest BCUT2D eigenvalue weighted by Crippen LogP contribution is -2.48. The van der Waals surface area contributed by atoms with Crippen molar-refractivity contribution in [3.05, 3.63) is 0 Å². The van der Waals surface area contributed by atoms with Crippen LogP contribution in [0.5, 0.6) is 0 Å². The van der Waals surface area contributed by atoms with Crippen molar-refractivity contribution >= 4 is 33.5 Å². The summed E-state index contributed by atoms with van der Waals surface area (Å²) in [5.41, 5.74) is 0. The van der Waals surface area contributed by atoms with Crippen LogP contribution < -0.4 is 0 Å². The molecule has 0 amide bonds. The number of ether oxygens (including phenoxy) is 2. The predicted octanol–water partition coefficient (Wildman–Crippen LogP) is 2.55. The van der Waals surface area contributed by atoms with E-state index in [-0.39, 0.29) is 35.0 Å². The summed E-state index contributed by atoms with van der Waals surface area (Å²) in [6, 6.07) is 0. The summed E-state index contributed by atoms with van der Waals surface area (Å²) in [6.07, 6.45) is -0.312. The third-order valence-electron chi connectivity index (χ3n) is 2.94. The van der Waals surface area contributed by atoms with Crippen LogP contribution in [-0.2, 0) is 14.3 Å². The second kappa shape index (κ2) is 5.51. The molecule has 0 N–H and O–H groups in total. The molecule has 0 aliphatic carbocycles. The van der Waals surface area contributed by atoms with Gasteiger partial charge in [0.2, 0.25) is 0 Å². The number of rotatable bonds is 2. The summed E-state index contributed by atoms with van der Waals surface area (Å²) in [4.78, 5) is 11.1. The molecule has 2 unspecified atom stereocenters. The third kappa shape index (κ3) is 3.08. The Labute approximate surface area is 104 Å². The van der Waals surface area contributed by atoms with Gasteiger partial charge in [0.05, 0.1) is 6.10 Å². The van der Waals surface area contributed by atoms with Gasteiger partial charge in [0.25, 0.3) is 0 Å². The zero-order chi connectivity index (χ0) is 11.6. The normalized spacial score (nSPS) is 41.3. The third-order valence-corrected chi connectivity index (χ3v) is 4.21. The molecule has 0 radical (unpaired) electrons. The van der Waals surface area contributed by atoms with E-state index in [2.05, 4.69) is 29.8 Å². The standard InChI is InChI=1S/C10H16BrClO3/c1-5-6(2)10(11)14-7(3)9(5)15-8(13)4-12/h5-7,9-10H,4H2,1-3H3/t5-,6?,7?,9+,10+/m1/s1. The predicted molar refractivity (Wildman–Crippen MR) is 62.2 cm³/mol. The minimum atomic E-state index is -0.385. The minimum Gasteiger partial charge on any atom is -0.458 e. The maximum absolute atomic E-state index is 11.1. The van der Waals surface area contributed by atoms with E-state index in [1.807, 2.05) is 6.92 Å². The molecule has 1 saturated heterocycles. The van der Waals surface area contributed by atoms with Gasteiger partial charge in [-0.1, -0.05) is 29.8 Å². The number of carbonyl (C=O) groups is 1. The number of hydrogen-bond acceptors (Lipinski definition) is 3. The summed E-state index contributed by atoms with van der Waals surface area (Å²) in [7, 11) is 0. The van der Waals surface area contributed by atoms with Gasteiger partial charge in [0, 0.05) is 5.92 Å². The zero-order valence-electron chi connectivity index (χ0n) is 9.07. The van der Waals surface area contributed by atoms with Gasteiger partial charge in [-0.25, -0.2) is 0 Å². The van der Waals surface area contributed by atoms with Gasteiger partial charge in [-0.3, -0.25) is 4.79 Å². The lowest BCUT2D eigenvalue weighted by atomic mass is 9.86. The van der Waals surface area contributed by atoms with Gasteiger partial charge in [-0.2, -0.15) is 0 Å². The van der Waals surface area contributed by atoms with Crippen molar-refractivity contribution in [2.45, 2.75) is 38.0 Å². The summed E-state index contributed by atoms with van der Waals surface area (Å²) < 4.78 is 10.9. The van der Waals surface area contributed by atoms with E-state index in [0.29, 0.717) is 5.92 Å². The molecular formula is C10H16BrClO3. The van der Waals surface area contributed by atoms with Gasteiger partial charge in [0.1, 0.15) is 17.0 Å². The second-order valence-corrected chi connectivity index (χ2v) is 5.17. The summed E-state index contributed by atoms with van der Waals surface area (Å²) >= 11 is 8.86. The van der Waals surface area contributed by atoms with Gasteiger partial charge in [0.15, 0.2) is 0 Å². The summed E-state index contributed by atoms with van der Waals surface area (Å²) in [5, 5.41) is 0.0217. The van der Waals surface area contributed by atoms with Crippen molar-refractivity contribution in [2.75, 3.05) is 5.88 Å². The Kier molecular flexibility index (Phi) is 4.87. The first-order valence-electron chi connectivity index (χ1n) is 5.02. The molecule has 1 fully saturated rings. The van der Waals surface area contributed by atoms with Gasteiger partial charge < -0.3 is 9.47 Å². The van der Waals surface area contributed by atoms with Crippen LogP contribution in [-0.4, -0.2) is 29.1 Å². The molecule has 5 atom stereocenters. The van der Waals surface area contributed by atoms with E-state index < -0.39 is 0 Å². The van der Waals surface area contributed by atoms with Crippen LogP contribution >= 0.6 is 27.5 Å². The summed E-state index contributed by atoms with van der Waals surface area (Å²) in [5.74, 6) is 0.0611. The van der Waals surface area contributed by atoms with E-state index in [0.717, 1.165) is 0 Å². The zero-order valence-corrected chi connectivity index (χ0v) is 11.4. The Bertz CT molecular complexity index is 237. The quantitative estimate of drug-likeness (QED) is 0.581. The monoisotopic (exact) mass is 298 g/mol. The Hall–Kier alpha value is 0.200. The van der Waals surface area contributed by atoms with Crippen LogP contribution in [0.3, 0.4) is 0 Å². The lowest BCUT2D eigenvalue weighted by Gasteiger charge is -2.40. The second-order valence-electron chi connectivity index (χ2n) is 4.00. The maximum Gasteiger partial charge on any atom is 0.321 e. The highest BCUT2D eigenvalue weighted by Crippen LogP contribution is 2.35. The number of carbonyl (C=O) groups excluding carboxylic acids is 1. The van der Waals surface area contributed by atoms with Gasteiger partial charge in [-0.15, -0.1) is 11.6 Å². The van der Waals surface area contributed by atoms with E-state index in [9.17, 15) is 4.79 Å². The number of hydrogen-bond donors (Lipinski definition) is 0. The van der Waals surface area contributed by atoms with Crippen LogP contribution in [0.4, 0.5) is 0 Å². The van der Waals surface area contributed by atoms with Crippen molar-refractivity contribution < 1.29 is 14.3 Å². The maximum atomic E-state index is 11.1. The molecule has 1 rings (SSSR count). The van der Waals surface area contributed by atoms with E-state index in [4.69, 9.17) is 21.1 Å². The van der Waals surface area contributed by atoms with E-state index in [1.54, 1.807) is 0 Å². The van der Waals surface area contributed by atoms with Crippen LogP contribution in [0.2, 0.25) is 0 Å². The van der Waals surface area contributed by atoms with Gasteiger partial charge >= 0.3 is 5.97 Å². The molecular weight excluding hydrogens is 283 g/mol. The highest BCUT2D eigenvalue weighted by Gasteiger charge is 2.40. The Morgan fingerprint density at radius 1 is 1.40 bits per heavy atom. The molecule has 3 nitrogen and oxygen atoms in total. The van der Waals surface area contributed by atoms with Gasteiger partial charge in [-0.05, 0) is 12.8 Å². The molecule has 0 aromatic rings. The number of halogens is 2. The molecule has 1 aliphatic heterocycles. The van der Waals surface area contributed by atoms with Crippen molar-refractivity contribution in [1.29, 1.82) is 0 Å². The molecule has 1 heterocycles. The van der Waals surface area contributed by atoms with Crippen molar-refractivity contribution in [2.24, 2.45) is 11.8 Å².